The van der Waals surface area contributed by atoms with E-state index in [4.69, 9.17) is 0 Å². The van der Waals surface area contributed by atoms with Crippen molar-refractivity contribution in [3.63, 3.8) is 0 Å². The summed E-state index contributed by atoms with van der Waals surface area (Å²) in [5.41, 5.74) is 0. The van der Waals surface area contributed by atoms with E-state index in [2.05, 4.69) is 4.52 Å². The molecule has 0 aliphatic carbocycles. The number of hydrogen-bond acceptors (Lipinski definition) is 4. The third-order valence-electron chi connectivity index (χ3n) is 1.99. The number of rotatable bonds is 4. The quantitative estimate of drug-likeness (QED) is 0.371. The molecule has 1 saturated heterocycles. The summed E-state index contributed by atoms with van der Waals surface area (Å²) in [4.78, 5) is 1.28. The zero-order valence-electron chi connectivity index (χ0n) is 9.73. The lowest BCUT2D eigenvalue weighted by atomic mass is 10.1. The topological polar surface area (TPSA) is 27.7 Å². The summed E-state index contributed by atoms with van der Waals surface area (Å²) in [5, 5.41) is 0. The first kappa shape index (κ1) is 21.3. The Kier molecular flexibility index (Phi) is 6.07. The van der Waals surface area contributed by atoms with Gasteiger partial charge < -0.3 is 0 Å². The fraction of sp³-hybridized carbons (Fsp3) is 1.00. The van der Waals surface area contributed by atoms with E-state index in [0.29, 0.717) is 0 Å². The van der Waals surface area contributed by atoms with Gasteiger partial charge in [-0.2, -0.15) is 43.7 Å². The summed E-state index contributed by atoms with van der Waals surface area (Å²) < 4.78 is 151. The first-order valence-corrected chi connectivity index (χ1v) is 7.94. The van der Waals surface area contributed by atoms with Crippen molar-refractivity contribution in [3.8, 4) is 0 Å². The minimum absolute atomic E-state index is 0.919. The number of nitrogens with zero attached hydrogens (tertiary/aromatic N) is 2. The lowest BCUT2D eigenvalue weighted by Gasteiger charge is -2.37. The molecule has 0 aromatic carbocycles. The van der Waals surface area contributed by atoms with Crippen LogP contribution in [0.25, 0.3) is 0 Å². The van der Waals surface area contributed by atoms with E-state index in [0.717, 1.165) is 0 Å². The second-order valence-corrected chi connectivity index (χ2v) is 7.96. The number of hydrogen-bond donors (Lipinski definition) is 1. The zero-order chi connectivity index (χ0) is 18.4. The van der Waals surface area contributed by atoms with Crippen molar-refractivity contribution in [1.29, 1.82) is 0 Å². The van der Waals surface area contributed by atoms with Crippen LogP contribution in [0.15, 0.2) is 0 Å². The fourth-order valence-electron chi connectivity index (χ4n) is 0.882. The van der Waals surface area contributed by atoms with Crippen molar-refractivity contribution in [2.24, 2.45) is 0 Å². The van der Waals surface area contributed by atoms with E-state index in [-0.39, 0.29) is 0 Å². The Hall–Kier alpha value is 0.290. The molecule has 1 N–H and O–H groups in total. The molecule has 4 nitrogen and oxygen atoms in total. The predicted molar refractivity (Wildman–Crippen MR) is 54.3 cm³/mol. The third-order valence-corrected chi connectivity index (χ3v) is 6.33. The molecule has 1 rings (SSSR count). The summed E-state index contributed by atoms with van der Waals surface area (Å²) in [6, 6.07) is 0. The molecular weight excluding hydrogens is 427 g/mol. The fourth-order valence-corrected chi connectivity index (χ4v) is 5.05. The van der Waals surface area contributed by atoms with Crippen LogP contribution in [0.5, 0.6) is 0 Å². The van der Waals surface area contributed by atoms with Gasteiger partial charge in [0.25, 0.3) is 0 Å². The molecule has 0 saturated carbocycles. The second-order valence-electron chi connectivity index (χ2n) is 3.49. The maximum absolute atomic E-state index is 13.0. The SMILES string of the molecule is FN1PNP(OC(F)(F)C(F)(F)C(F)(F)C(F)(F)F)N(F)P1F. The first-order chi connectivity index (χ1) is 10.1. The summed E-state index contributed by atoms with van der Waals surface area (Å²) >= 11 is 0. The minimum Gasteiger partial charge on any atom is -0.259 e. The molecule has 1 aliphatic rings. The van der Waals surface area contributed by atoms with Gasteiger partial charge in [-0.25, -0.2) is 4.86 Å². The highest BCUT2D eigenvalue weighted by molar-refractivity contribution is 7.74. The molecule has 0 aromatic rings. The molecule has 0 aromatic heterocycles. The molecule has 3 unspecified atom stereocenters. The van der Waals surface area contributed by atoms with Gasteiger partial charge in [-0.15, -0.1) is 8.96 Å². The molecule has 3 atom stereocenters. The molecule has 0 bridgehead atoms. The number of halogens is 12. The zero-order valence-corrected chi connectivity index (χ0v) is 12.5. The smallest absolute Gasteiger partial charge is 0.259 e. The van der Waals surface area contributed by atoms with Crippen LogP contribution in [-0.2, 0) is 4.52 Å². The van der Waals surface area contributed by atoms with Gasteiger partial charge in [0.1, 0.15) is 0 Å². The van der Waals surface area contributed by atoms with Crippen LogP contribution in [-0.4, -0.2) is 33.5 Å². The van der Waals surface area contributed by atoms with Gasteiger partial charge in [0.05, 0.1) is 8.88 Å². The Bertz CT molecular complexity index is 434. The molecule has 1 aliphatic heterocycles. The average molecular weight is 429 g/mol. The Balaban J connectivity index is 3.02. The third kappa shape index (κ3) is 3.78. The van der Waals surface area contributed by atoms with Crippen LogP contribution < -0.4 is 4.86 Å². The van der Waals surface area contributed by atoms with Crippen LogP contribution in [0, 0.1) is 0 Å². The van der Waals surface area contributed by atoms with E-state index < -0.39 is 59.3 Å². The van der Waals surface area contributed by atoms with Crippen molar-refractivity contribution in [3.05, 3.63) is 0 Å². The van der Waals surface area contributed by atoms with Gasteiger partial charge in [0.2, 0.25) is 8.45 Å². The summed E-state index contributed by atoms with van der Waals surface area (Å²) in [6.07, 6.45) is -13.6. The number of alkyl halides is 9. The first-order valence-electron chi connectivity index (χ1n) is 4.64. The Morgan fingerprint density at radius 3 is 1.78 bits per heavy atom. The molecule has 138 valence electrons. The molecule has 0 amide bonds. The molecule has 0 radical (unpaired) electrons. The molecular formula is C4H2F12N3OP3. The van der Waals surface area contributed by atoms with Crippen LogP contribution >= 0.6 is 25.9 Å². The van der Waals surface area contributed by atoms with E-state index >= 15 is 0 Å². The van der Waals surface area contributed by atoms with E-state index in [9.17, 15) is 52.7 Å². The van der Waals surface area contributed by atoms with E-state index in [1.54, 1.807) is 0 Å². The van der Waals surface area contributed by atoms with Crippen LogP contribution in [0.4, 0.5) is 52.7 Å². The van der Waals surface area contributed by atoms with Crippen molar-refractivity contribution < 1.29 is 57.2 Å². The molecule has 23 heavy (non-hydrogen) atoms. The van der Waals surface area contributed by atoms with Gasteiger partial charge in [-0.1, -0.05) is 0 Å². The van der Waals surface area contributed by atoms with Gasteiger partial charge in [-0.3, -0.25) is 4.52 Å². The van der Waals surface area contributed by atoms with Gasteiger partial charge in [-0.05, 0) is 9.33 Å². The Morgan fingerprint density at radius 2 is 1.35 bits per heavy atom. The summed E-state index contributed by atoms with van der Waals surface area (Å²) in [6.45, 7) is 0. The minimum atomic E-state index is -7.25. The highest BCUT2D eigenvalue weighted by Crippen LogP contribution is 2.69. The second kappa shape index (κ2) is 6.54. The average Bonchev–Trinajstić information content (AvgIpc) is 2.37. The Labute approximate surface area is 122 Å². The monoisotopic (exact) mass is 429 g/mol. The maximum atomic E-state index is 13.0. The summed E-state index contributed by atoms with van der Waals surface area (Å²) in [7, 11) is -9.69. The van der Waals surface area contributed by atoms with Crippen molar-refractivity contribution in [1.82, 2.24) is 14.2 Å². The van der Waals surface area contributed by atoms with Crippen LogP contribution in [0.2, 0.25) is 0 Å². The normalized spacial score (nSPS) is 27.7. The maximum Gasteiger partial charge on any atom is 0.460 e. The molecule has 1 fully saturated rings. The van der Waals surface area contributed by atoms with Crippen molar-refractivity contribution in [2.45, 2.75) is 24.1 Å². The Morgan fingerprint density at radius 1 is 0.870 bits per heavy atom. The molecule has 19 heteroatoms. The van der Waals surface area contributed by atoms with E-state index in [1.165, 1.54) is 4.86 Å². The lowest BCUT2D eigenvalue weighted by molar-refractivity contribution is -0.428. The molecule has 1 heterocycles. The van der Waals surface area contributed by atoms with Crippen molar-refractivity contribution in [2.75, 3.05) is 0 Å². The van der Waals surface area contributed by atoms with Crippen molar-refractivity contribution >= 4 is 25.9 Å². The van der Waals surface area contributed by atoms with Gasteiger partial charge >= 0.3 is 32.7 Å². The largest absolute Gasteiger partial charge is 0.460 e. The molecule has 0 spiro atoms. The highest BCUT2D eigenvalue weighted by Gasteiger charge is 2.83. The predicted octanol–water partition coefficient (Wildman–Crippen LogP) is 5.34. The van der Waals surface area contributed by atoms with Crippen LogP contribution in [0.3, 0.4) is 0 Å². The van der Waals surface area contributed by atoms with Crippen LogP contribution in [0.1, 0.15) is 0 Å². The number of nitrogens with one attached hydrogen (secondary N) is 1. The van der Waals surface area contributed by atoms with Gasteiger partial charge in [0, 0.05) is 0 Å². The van der Waals surface area contributed by atoms with Gasteiger partial charge in [0.15, 0.2) is 0 Å². The lowest BCUT2D eigenvalue weighted by Crippen LogP contribution is -2.61. The summed E-state index contributed by atoms with van der Waals surface area (Å²) in [5.74, 6) is -14.4. The van der Waals surface area contributed by atoms with E-state index in [1.807, 2.05) is 0 Å². The highest BCUT2D eigenvalue weighted by atomic mass is 31.3. The standard InChI is InChI=1S/C4H2F12N3OP3/c5-1(6,3(9,10)11)2(7,8)4(12,13)20-23-17-21-18(14)22(16)19(23)15/h17,21H.